The van der Waals surface area contributed by atoms with Gasteiger partial charge in [-0.2, -0.15) is 0 Å². The predicted molar refractivity (Wildman–Crippen MR) is 91.9 cm³/mol. The second-order valence-corrected chi connectivity index (χ2v) is 5.33. The van der Waals surface area contributed by atoms with Crippen molar-refractivity contribution >= 4 is 27.8 Å². The summed E-state index contributed by atoms with van der Waals surface area (Å²) in [7, 11) is 1.52. The monoisotopic (exact) mass is 328 g/mol. The molecule has 0 saturated heterocycles. The number of rotatable bonds is 6. The lowest BCUT2D eigenvalue weighted by Crippen LogP contribution is -2.09. The summed E-state index contributed by atoms with van der Waals surface area (Å²) in [6.07, 6.45) is 2.56. The first kappa shape index (κ1) is 16.1. The molecule has 0 amide bonds. The second kappa shape index (κ2) is 6.78. The number of aromatic nitrogens is 2. The van der Waals surface area contributed by atoms with Crippen molar-refractivity contribution in [3.8, 4) is 11.5 Å². The second-order valence-electron chi connectivity index (χ2n) is 5.33. The lowest BCUT2D eigenvalue weighted by atomic mass is 10.1. The van der Waals surface area contributed by atoms with Crippen molar-refractivity contribution < 1.29 is 19.0 Å². The van der Waals surface area contributed by atoms with Crippen LogP contribution in [0.2, 0.25) is 0 Å². The molecule has 24 heavy (non-hydrogen) atoms. The van der Waals surface area contributed by atoms with Crippen molar-refractivity contribution in [3.63, 3.8) is 0 Å². The van der Waals surface area contributed by atoms with Crippen LogP contribution < -0.4 is 9.47 Å². The van der Waals surface area contributed by atoms with Gasteiger partial charge in [-0.05, 0) is 31.5 Å². The molecule has 0 atom stereocenters. The molecule has 0 unspecified atom stereocenters. The third-order valence-electron chi connectivity index (χ3n) is 3.71. The molecule has 3 aromatic rings. The summed E-state index contributed by atoms with van der Waals surface area (Å²) in [5, 5.41) is 1.72. The molecule has 0 radical (unpaired) electrons. The standard InChI is InChI=1S/C18H20N2O4/c1-4-8-24-11-6-7-13-12(9-11)15-14(20-13)10-19-16(17(15)22-3)18(21)23-5-2/h6-7,9-10,20H,4-5,8H2,1-3H3. The van der Waals surface area contributed by atoms with Crippen molar-refractivity contribution in [3.05, 3.63) is 30.1 Å². The van der Waals surface area contributed by atoms with Gasteiger partial charge >= 0.3 is 5.97 Å². The van der Waals surface area contributed by atoms with Gasteiger partial charge in [0.05, 0.1) is 37.4 Å². The molecule has 0 fully saturated rings. The molecule has 1 aromatic carbocycles. The molecule has 126 valence electrons. The number of aromatic amines is 1. The molecule has 0 aliphatic rings. The number of carbonyl (C=O) groups excluding carboxylic acids is 1. The summed E-state index contributed by atoms with van der Waals surface area (Å²) in [6.45, 7) is 4.75. The average molecular weight is 328 g/mol. The highest BCUT2D eigenvalue weighted by atomic mass is 16.5. The zero-order chi connectivity index (χ0) is 17.1. The molecule has 6 heteroatoms. The zero-order valence-electron chi connectivity index (χ0n) is 14.0. The highest BCUT2D eigenvalue weighted by Gasteiger charge is 2.21. The minimum absolute atomic E-state index is 0.174. The molecular formula is C18H20N2O4. The van der Waals surface area contributed by atoms with E-state index in [1.807, 2.05) is 18.2 Å². The third kappa shape index (κ3) is 2.75. The number of carbonyl (C=O) groups is 1. The lowest BCUT2D eigenvalue weighted by molar-refractivity contribution is 0.0516. The van der Waals surface area contributed by atoms with Gasteiger partial charge in [-0.25, -0.2) is 9.78 Å². The van der Waals surface area contributed by atoms with Crippen molar-refractivity contribution in [1.29, 1.82) is 0 Å². The van der Waals surface area contributed by atoms with Gasteiger partial charge < -0.3 is 19.2 Å². The first-order valence-electron chi connectivity index (χ1n) is 7.97. The Kier molecular flexibility index (Phi) is 4.55. The van der Waals surface area contributed by atoms with Gasteiger partial charge in [0.2, 0.25) is 0 Å². The number of methoxy groups -OCH3 is 1. The van der Waals surface area contributed by atoms with E-state index in [4.69, 9.17) is 14.2 Å². The maximum atomic E-state index is 12.1. The summed E-state index contributed by atoms with van der Waals surface area (Å²) in [6, 6.07) is 5.81. The molecule has 6 nitrogen and oxygen atoms in total. The molecule has 0 aliphatic heterocycles. The van der Waals surface area contributed by atoms with E-state index >= 15 is 0 Å². The number of nitrogens with one attached hydrogen (secondary N) is 1. The van der Waals surface area contributed by atoms with Crippen LogP contribution in [0, 0.1) is 0 Å². The number of ether oxygens (including phenoxy) is 3. The number of hydrogen-bond acceptors (Lipinski definition) is 5. The fraction of sp³-hybridized carbons (Fsp3) is 0.333. The number of hydrogen-bond donors (Lipinski definition) is 1. The Morgan fingerprint density at radius 1 is 1.25 bits per heavy atom. The molecule has 1 N–H and O–H groups in total. The zero-order valence-corrected chi connectivity index (χ0v) is 14.0. The molecule has 2 aromatic heterocycles. The highest BCUT2D eigenvalue weighted by molar-refractivity contribution is 6.13. The van der Waals surface area contributed by atoms with Crippen molar-refractivity contribution in [1.82, 2.24) is 9.97 Å². The predicted octanol–water partition coefficient (Wildman–Crippen LogP) is 3.69. The normalized spacial score (nSPS) is 11.0. The third-order valence-corrected chi connectivity index (χ3v) is 3.71. The van der Waals surface area contributed by atoms with Crippen molar-refractivity contribution in [2.75, 3.05) is 20.3 Å². The smallest absolute Gasteiger partial charge is 0.360 e. The van der Waals surface area contributed by atoms with E-state index in [1.165, 1.54) is 7.11 Å². The SMILES string of the molecule is CCCOc1ccc2[nH]c3cnc(C(=O)OCC)c(OC)c3c2c1. The molecule has 0 spiro atoms. The van der Waals surface area contributed by atoms with E-state index in [9.17, 15) is 4.79 Å². The maximum Gasteiger partial charge on any atom is 0.360 e. The number of H-pyrrole nitrogens is 1. The largest absolute Gasteiger partial charge is 0.494 e. The Bertz CT molecular complexity index is 885. The van der Waals surface area contributed by atoms with E-state index < -0.39 is 5.97 Å². The molecule has 3 rings (SSSR count). The molecule has 0 bridgehead atoms. The summed E-state index contributed by atoms with van der Waals surface area (Å²) in [4.78, 5) is 19.6. The van der Waals surface area contributed by atoms with Gasteiger partial charge in [-0.1, -0.05) is 6.92 Å². The summed E-state index contributed by atoms with van der Waals surface area (Å²) >= 11 is 0. The molecule has 2 heterocycles. The maximum absolute atomic E-state index is 12.1. The van der Waals surface area contributed by atoms with Crippen LogP contribution in [0.15, 0.2) is 24.4 Å². The number of nitrogens with zero attached hydrogens (tertiary/aromatic N) is 1. The quantitative estimate of drug-likeness (QED) is 0.699. The van der Waals surface area contributed by atoms with Crippen LogP contribution in [0.1, 0.15) is 30.8 Å². The first-order chi connectivity index (χ1) is 11.7. The van der Waals surface area contributed by atoms with Crippen molar-refractivity contribution in [2.24, 2.45) is 0 Å². The Labute approximate surface area is 139 Å². The number of esters is 1. The van der Waals surface area contributed by atoms with Crippen LogP contribution >= 0.6 is 0 Å². The van der Waals surface area contributed by atoms with Gasteiger partial charge in [-0.3, -0.25) is 0 Å². The summed E-state index contributed by atoms with van der Waals surface area (Å²) in [5.41, 5.74) is 1.89. The lowest BCUT2D eigenvalue weighted by Gasteiger charge is -2.09. The molecular weight excluding hydrogens is 308 g/mol. The Morgan fingerprint density at radius 2 is 2.08 bits per heavy atom. The van der Waals surface area contributed by atoms with Crippen LogP contribution in [0.3, 0.4) is 0 Å². The van der Waals surface area contributed by atoms with E-state index in [-0.39, 0.29) is 12.3 Å². The summed E-state index contributed by atoms with van der Waals surface area (Å²) < 4.78 is 16.3. The highest BCUT2D eigenvalue weighted by Crippen LogP contribution is 2.36. The fourth-order valence-electron chi connectivity index (χ4n) is 2.69. The number of pyridine rings is 1. The van der Waals surface area contributed by atoms with E-state index in [0.29, 0.717) is 12.4 Å². The topological polar surface area (TPSA) is 73.4 Å². The number of benzene rings is 1. The molecule has 0 saturated carbocycles. The van der Waals surface area contributed by atoms with E-state index in [1.54, 1.807) is 13.1 Å². The Balaban J connectivity index is 2.21. The van der Waals surface area contributed by atoms with Gasteiger partial charge in [0, 0.05) is 10.9 Å². The Morgan fingerprint density at radius 3 is 2.79 bits per heavy atom. The van der Waals surface area contributed by atoms with Gasteiger partial charge in [0.1, 0.15) is 5.75 Å². The van der Waals surface area contributed by atoms with Crippen LogP contribution in [0.25, 0.3) is 21.8 Å². The molecule has 0 aliphatic carbocycles. The first-order valence-corrected chi connectivity index (χ1v) is 7.97. The van der Waals surface area contributed by atoms with Gasteiger partial charge in [-0.15, -0.1) is 0 Å². The van der Waals surface area contributed by atoms with Gasteiger partial charge in [0.15, 0.2) is 11.4 Å². The van der Waals surface area contributed by atoms with Crippen LogP contribution in [0.5, 0.6) is 11.5 Å². The van der Waals surface area contributed by atoms with E-state index in [2.05, 4.69) is 16.9 Å². The fourth-order valence-corrected chi connectivity index (χ4v) is 2.69. The number of fused-ring (bicyclic) bond motifs is 3. The van der Waals surface area contributed by atoms with Gasteiger partial charge in [0.25, 0.3) is 0 Å². The Hall–Kier alpha value is -2.76. The van der Waals surface area contributed by atoms with Crippen molar-refractivity contribution in [2.45, 2.75) is 20.3 Å². The van der Waals surface area contributed by atoms with Crippen LogP contribution in [-0.4, -0.2) is 36.3 Å². The van der Waals surface area contributed by atoms with E-state index in [0.717, 1.165) is 34.0 Å². The minimum Gasteiger partial charge on any atom is -0.494 e. The summed E-state index contributed by atoms with van der Waals surface area (Å²) in [5.74, 6) is 0.690. The average Bonchev–Trinajstić information content (AvgIpc) is 2.97. The van der Waals surface area contributed by atoms with Crippen LogP contribution in [0.4, 0.5) is 0 Å². The minimum atomic E-state index is -0.496. The van der Waals surface area contributed by atoms with Crippen LogP contribution in [-0.2, 0) is 4.74 Å².